The minimum atomic E-state index is -4.57. The topological polar surface area (TPSA) is 133 Å². The predicted molar refractivity (Wildman–Crippen MR) is 257 cm³/mol. The van der Waals surface area contributed by atoms with Crippen molar-refractivity contribution in [2.45, 2.75) is 191 Å². The molecule has 63 heavy (non-hydrogen) atoms. The van der Waals surface area contributed by atoms with Gasteiger partial charge >= 0.3 is 37.7 Å². The Bertz CT molecular complexity index is 1840. The van der Waals surface area contributed by atoms with E-state index in [1.54, 1.807) is 12.1 Å². The first-order valence-electron chi connectivity index (χ1n) is 23.6. The Hall–Kier alpha value is -2.44. The number of hydrogen-bond donors (Lipinski definition) is 0. The van der Waals surface area contributed by atoms with E-state index in [4.69, 9.17) is 9.47 Å². The molecule has 0 aliphatic rings. The average Bonchev–Trinajstić information content (AvgIpc) is 3.25. The van der Waals surface area contributed by atoms with Crippen molar-refractivity contribution in [2.75, 3.05) is 0 Å². The van der Waals surface area contributed by atoms with Crippen LogP contribution < -0.4 is 9.47 Å². The van der Waals surface area contributed by atoms with Crippen LogP contribution in [0, 0.1) is 0 Å². The molecule has 0 heterocycles. The minimum absolute atomic E-state index is 0. The number of benzene rings is 4. The fourth-order valence-electron chi connectivity index (χ4n) is 7.52. The number of rotatable bonds is 32. The van der Waals surface area contributed by atoms with Gasteiger partial charge in [-0.1, -0.05) is 204 Å². The van der Waals surface area contributed by atoms with Crippen LogP contribution in [-0.2, 0) is 33.1 Å². The summed E-state index contributed by atoms with van der Waals surface area (Å²) in [6, 6.07) is 27.1. The first-order chi connectivity index (χ1) is 30.0. The second-order valence-electron chi connectivity index (χ2n) is 16.6. The molecule has 4 aromatic carbocycles. The number of unbranched alkanes of at least 4 members (excludes halogenated alkanes) is 22. The zero-order valence-electron chi connectivity index (χ0n) is 38.4. The van der Waals surface area contributed by atoms with Gasteiger partial charge in [0.1, 0.15) is 43.2 Å². The summed E-state index contributed by atoms with van der Waals surface area (Å²) in [6.07, 6.45) is 34.3. The molecule has 4 rings (SSSR count). The van der Waals surface area contributed by atoms with Crippen molar-refractivity contribution in [3.05, 3.63) is 108 Å². The molecule has 0 radical (unpaired) electrons. The van der Waals surface area contributed by atoms with E-state index in [2.05, 4.69) is 13.8 Å². The van der Waals surface area contributed by atoms with E-state index in [0.717, 1.165) is 12.8 Å². The van der Waals surface area contributed by atoms with Crippen molar-refractivity contribution in [1.82, 2.24) is 0 Å². The number of aryl methyl sites for hydroxylation is 2. The zero-order chi connectivity index (χ0) is 44.7. The van der Waals surface area contributed by atoms with Crippen LogP contribution in [-0.4, -0.2) is 63.7 Å². The molecule has 0 fully saturated rings. The fraction of sp³-hybridized carbons (Fsp3) is 0.538. The summed E-state index contributed by atoms with van der Waals surface area (Å²) < 4.78 is 79.4. The molecule has 0 N–H and O–H groups in total. The Morgan fingerprint density at radius 1 is 0.365 bits per heavy atom. The Labute approximate surface area is 411 Å². The summed E-state index contributed by atoms with van der Waals surface area (Å²) >= 11 is 0. The zero-order valence-corrected chi connectivity index (χ0v) is 42.3. The summed E-state index contributed by atoms with van der Waals surface area (Å²) in [5.74, 6) is 1.17. The molecule has 0 amide bonds. The van der Waals surface area contributed by atoms with Crippen LogP contribution in [0.25, 0.3) is 0 Å². The molecule has 0 spiro atoms. The third kappa shape index (κ3) is 25.7. The van der Waals surface area contributed by atoms with Crippen molar-refractivity contribution < 1.29 is 35.4 Å². The van der Waals surface area contributed by atoms with Gasteiger partial charge in [-0.15, -0.1) is 0 Å². The van der Waals surface area contributed by atoms with Crippen LogP contribution in [0.4, 0.5) is 0 Å². The number of ether oxygens (including phenoxy) is 2. The van der Waals surface area contributed by atoms with E-state index < -0.39 is 20.2 Å². The van der Waals surface area contributed by atoms with Gasteiger partial charge in [0.15, 0.2) is 0 Å². The SMILES string of the molecule is CCCCCCCCCCCCCCc1ccc(Oc2ccccc2S(=O)(=O)[O-])cc1.CCCCCCCCCCCCCCc1ccc(Oc2ccccc2S(=O)(=O)[O-])cc1.[Ca+2]. The molecule has 0 aliphatic carbocycles. The van der Waals surface area contributed by atoms with Crippen LogP contribution in [0.15, 0.2) is 107 Å². The summed E-state index contributed by atoms with van der Waals surface area (Å²) in [4.78, 5) is -0.675. The van der Waals surface area contributed by atoms with Crippen molar-refractivity contribution in [3.8, 4) is 23.0 Å². The molecular formula is C52H74CaO8S2. The standard InChI is InChI=1S/2C26H38O4S.Ca/c2*1-2-3-4-5-6-7-8-9-10-11-12-13-16-23-19-21-24(22-20-23)30-25-17-14-15-18-26(25)31(27,28)29;/h2*14-15,17-22H,2-13,16H2,1H3,(H,27,28,29);/q;;+2/p-2. The molecule has 0 saturated heterocycles. The van der Waals surface area contributed by atoms with Crippen molar-refractivity contribution in [3.63, 3.8) is 0 Å². The summed E-state index contributed by atoms with van der Waals surface area (Å²) in [5, 5.41) is 0. The van der Waals surface area contributed by atoms with Gasteiger partial charge in [0, 0.05) is 0 Å². The third-order valence-electron chi connectivity index (χ3n) is 11.2. The largest absolute Gasteiger partial charge is 2.00 e. The maximum absolute atomic E-state index is 11.4. The molecule has 0 atom stereocenters. The maximum atomic E-state index is 11.4. The Kier molecular flexibility index (Phi) is 30.6. The molecule has 8 nitrogen and oxygen atoms in total. The normalized spacial score (nSPS) is 11.4. The van der Waals surface area contributed by atoms with Crippen molar-refractivity contribution >= 4 is 58.0 Å². The third-order valence-corrected chi connectivity index (χ3v) is 12.9. The molecule has 4 aromatic rings. The predicted octanol–water partition coefficient (Wildman–Crippen LogP) is 14.9. The first kappa shape index (κ1) is 56.7. The minimum Gasteiger partial charge on any atom is -0.744 e. The quantitative estimate of drug-likeness (QED) is 0.0269. The molecule has 0 bridgehead atoms. The van der Waals surface area contributed by atoms with Gasteiger partial charge in [-0.05, 0) is 85.3 Å². The average molecular weight is 931 g/mol. The molecular weight excluding hydrogens is 857 g/mol. The second-order valence-corrected chi connectivity index (χ2v) is 19.3. The molecule has 0 aromatic heterocycles. The van der Waals surface area contributed by atoms with Gasteiger partial charge in [-0.2, -0.15) is 0 Å². The van der Waals surface area contributed by atoms with E-state index >= 15 is 0 Å². The summed E-state index contributed by atoms with van der Waals surface area (Å²) in [6.45, 7) is 4.52. The summed E-state index contributed by atoms with van der Waals surface area (Å²) in [5.41, 5.74) is 2.48. The Morgan fingerprint density at radius 3 is 0.889 bits per heavy atom. The van der Waals surface area contributed by atoms with E-state index in [1.807, 2.05) is 48.5 Å². The first-order valence-corrected chi connectivity index (χ1v) is 26.5. The van der Waals surface area contributed by atoms with Gasteiger partial charge in [-0.3, -0.25) is 0 Å². The van der Waals surface area contributed by atoms with E-state index in [0.29, 0.717) is 11.5 Å². The Morgan fingerprint density at radius 2 is 0.619 bits per heavy atom. The number of hydrogen-bond acceptors (Lipinski definition) is 8. The maximum Gasteiger partial charge on any atom is 2.00 e. The Balaban J connectivity index is 0.000000427. The van der Waals surface area contributed by atoms with Gasteiger partial charge in [0.25, 0.3) is 0 Å². The van der Waals surface area contributed by atoms with Gasteiger partial charge < -0.3 is 18.6 Å². The van der Waals surface area contributed by atoms with E-state index in [9.17, 15) is 25.9 Å². The molecule has 11 heteroatoms. The monoisotopic (exact) mass is 930 g/mol. The second kappa shape index (κ2) is 34.0. The fourth-order valence-corrected chi connectivity index (χ4v) is 8.73. The van der Waals surface area contributed by atoms with Gasteiger partial charge in [0.05, 0.1) is 9.79 Å². The van der Waals surface area contributed by atoms with Crippen molar-refractivity contribution in [1.29, 1.82) is 0 Å². The van der Waals surface area contributed by atoms with Crippen LogP contribution in [0.3, 0.4) is 0 Å². The summed E-state index contributed by atoms with van der Waals surface area (Å²) in [7, 11) is -9.13. The van der Waals surface area contributed by atoms with Crippen LogP contribution in [0.2, 0.25) is 0 Å². The number of para-hydroxylation sites is 2. The molecule has 0 unspecified atom stereocenters. The van der Waals surface area contributed by atoms with Gasteiger partial charge in [0.2, 0.25) is 0 Å². The van der Waals surface area contributed by atoms with Crippen molar-refractivity contribution in [2.24, 2.45) is 0 Å². The molecule has 0 saturated carbocycles. The van der Waals surface area contributed by atoms with E-state index in [-0.39, 0.29) is 59.0 Å². The van der Waals surface area contributed by atoms with Crippen LogP contribution in [0.1, 0.15) is 179 Å². The molecule has 344 valence electrons. The van der Waals surface area contributed by atoms with Crippen LogP contribution in [0.5, 0.6) is 23.0 Å². The van der Waals surface area contributed by atoms with Gasteiger partial charge in [-0.25, -0.2) is 16.8 Å². The smallest absolute Gasteiger partial charge is 0.744 e. The van der Waals surface area contributed by atoms with E-state index in [1.165, 1.54) is 202 Å². The molecule has 0 aliphatic heterocycles. The van der Waals surface area contributed by atoms with Crippen LogP contribution >= 0.6 is 0 Å².